The largest absolute Gasteiger partial charge is 0.460 e. The third kappa shape index (κ3) is 17.9. The van der Waals surface area contributed by atoms with E-state index in [0.717, 1.165) is 16.9 Å². The molecule has 2 aromatic rings. The van der Waals surface area contributed by atoms with Gasteiger partial charge in [0.1, 0.15) is 28.9 Å². The molecule has 0 saturated heterocycles. The molecule has 0 aliphatic heterocycles. The van der Waals surface area contributed by atoms with Crippen LogP contribution >= 0.6 is 0 Å². The highest BCUT2D eigenvalue weighted by Gasteiger charge is 2.32. The van der Waals surface area contributed by atoms with Gasteiger partial charge >= 0.3 is 17.9 Å². The van der Waals surface area contributed by atoms with E-state index >= 15 is 0 Å². The number of halogens is 1. The van der Waals surface area contributed by atoms with Crippen molar-refractivity contribution in [3.63, 3.8) is 0 Å². The summed E-state index contributed by atoms with van der Waals surface area (Å²) in [6.07, 6.45) is 3.99. The van der Waals surface area contributed by atoms with E-state index in [1.54, 1.807) is 73.2 Å². The van der Waals surface area contributed by atoms with E-state index in [0.29, 0.717) is 32.1 Å². The first-order valence-electron chi connectivity index (χ1n) is 17.5. The second-order valence-electron chi connectivity index (χ2n) is 15.5. The van der Waals surface area contributed by atoms with Gasteiger partial charge in [0.05, 0.1) is 30.7 Å². The van der Waals surface area contributed by atoms with Crippen molar-refractivity contribution in [3.8, 4) is 5.69 Å². The average molecular weight is 718 g/mol. The second-order valence-corrected chi connectivity index (χ2v) is 15.5. The molecule has 0 aliphatic rings. The van der Waals surface area contributed by atoms with Crippen LogP contribution < -0.4 is 10.6 Å². The first kappa shape index (κ1) is 42.8. The fourth-order valence-corrected chi connectivity index (χ4v) is 4.77. The summed E-state index contributed by atoms with van der Waals surface area (Å²) in [5, 5.41) is 13.4. The van der Waals surface area contributed by atoms with Gasteiger partial charge in [-0.05, 0) is 119 Å². The Hall–Kier alpha value is -4.36. The lowest BCUT2D eigenvalue weighted by Gasteiger charge is -2.26. The molecule has 2 rings (SSSR count). The number of carbonyl (C=O) groups excluding carboxylic acids is 5. The van der Waals surface area contributed by atoms with Crippen LogP contribution in [-0.4, -0.2) is 80.3 Å². The fourth-order valence-electron chi connectivity index (χ4n) is 4.77. The number of nitrogens with one attached hydrogen (secondary N) is 2. The molecular formula is C37H56FN5O8. The highest BCUT2D eigenvalue weighted by molar-refractivity contribution is 5.91. The van der Waals surface area contributed by atoms with Crippen LogP contribution in [0.2, 0.25) is 0 Å². The lowest BCUT2D eigenvalue weighted by molar-refractivity contribution is -0.160. The summed E-state index contributed by atoms with van der Waals surface area (Å²) < 4.78 is 30.4. The summed E-state index contributed by atoms with van der Waals surface area (Å²) in [4.78, 5) is 64.6. The van der Waals surface area contributed by atoms with Crippen LogP contribution in [0.15, 0.2) is 30.5 Å². The molecule has 1 heterocycles. The van der Waals surface area contributed by atoms with Gasteiger partial charge in [0.2, 0.25) is 11.8 Å². The third-order valence-corrected chi connectivity index (χ3v) is 6.93. The lowest BCUT2D eigenvalue weighted by Crippen LogP contribution is -2.50. The van der Waals surface area contributed by atoms with E-state index in [1.807, 2.05) is 24.3 Å². The van der Waals surface area contributed by atoms with E-state index in [4.69, 9.17) is 14.2 Å². The molecule has 2 amide bonds. The standard InChI is InChI=1S/C37H56FN5O8/c1-35(2,3)49-32(46)21-20-28(33(47)50-36(4,5)6)39-31(45)23-29(34(48)51-37(7,8)9)40-30(44)15-11-10-13-25-16-18-27(19-17-25)43-24-26(41-42-43)14-12-22-38/h16-19,24,28-29H,10-15,20-23H2,1-9H3,(H,39,45)(H,40,44). The molecule has 13 nitrogen and oxygen atoms in total. The highest BCUT2D eigenvalue weighted by atomic mass is 19.1. The summed E-state index contributed by atoms with van der Waals surface area (Å²) in [5.41, 5.74) is 0.147. The van der Waals surface area contributed by atoms with Crippen LogP contribution in [0.3, 0.4) is 0 Å². The number of amides is 2. The molecule has 1 aromatic carbocycles. The Bertz CT molecular complexity index is 1450. The third-order valence-electron chi connectivity index (χ3n) is 6.93. The number of carbonyl (C=O) groups is 5. The predicted octanol–water partition coefficient (Wildman–Crippen LogP) is 5.05. The van der Waals surface area contributed by atoms with Crippen LogP contribution in [0.4, 0.5) is 4.39 Å². The zero-order valence-corrected chi connectivity index (χ0v) is 31.6. The monoisotopic (exact) mass is 717 g/mol. The number of aryl methyl sites for hydroxylation is 2. The summed E-state index contributed by atoms with van der Waals surface area (Å²) in [6.45, 7) is 14.8. The maximum atomic E-state index is 13.2. The van der Waals surface area contributed by atoms with Gasteiger partial charge in [-0.3, -0.25) is 18.8 Å². The van der Waals surface area contributed by atoms with E-state index in [9.17, 15) is 28.4 Å². The first-order chi connectivity index (χ1) is 23.6. The van der Waals surface area contributed by atoms with Crippen LogP contribution in [0.5, 0.6) is 0 Å². The van der Waals surface area contributed by atoms with E-state index in [2.05, 4.69) is 20.9 Å². The Morgan fingerprint density at radius 2 is 1.29 bits per heavy atom. The number of benzene rings is 1. The summed E-state index contributed by atoms with van der Waals surface area (Å²) in [5.74, 6) is -3.23. The van der Waals surface area contributed by atoms with Crippen molar-refractivity contribution in [1.29, 1.82) is 0 Å². The number of esters is 3. The van der Waals surface area contributed by atoms with Crippen molar-refractivity contribution < 1.29 is 42.6 Å². The number of hydrogen-bond acceptors (Lipinski definition) is 10. The van der Waals surface area contributed by atoms with Crippen molar-refractivity contribution in [1.82, 2.24) is 25.6 Å². The minimum Gasteiger partial charge on any atom is -0.460 e. The van der Waals surface area contributed by atoms with Crippen molar-refractivity contribution >= 4 is 29.7 Å². The number of alkyl halides is 1. The van der Waals surface area contributed by atoms with Crippen molar-refractivity contribution in [2.75, 3.05) is 6.67 Å². The molecule has 51 heavy (non-hydrogen) atoms. The molecular weight excluding hydrogens is 661 g/mol. The Balaban J connectivity index is 1.99. The quantitative estimate of drug-likeness (QED) is 0.121. The van der Waals surface area contributed by atoms with Gasteiger partial charge in [-0.1, -0.05) is 17.3 Å². The van der Waals surface area contributed by atoms with E-state index in [-0.39, 0.29) is 19.3 Å². The number of ether oxygens (including phenoxy) is 3. The van der Waals surface area contributed by atoms with Gasteiger partial charge in [-0.2, -0.15) is 0 Å². The maximum absolute atomic E-state index is 13.2. The average Bonchev–Trinajstić information content (AvgIpc) is 3.46. The van der Waals surface area contributed by atoms with Crippen molar-refractivity contribution in [2.45, 2.75) is 149 Å². The SMILES string of the molecule is CC(C)(C)OC(=O)CCC(NC(=O)CC(NC(=O)CCCCc1ccc(-n2cc(CCCF)nn2)cc1)C(=O)OC(C)(C)C)C(=O)OC(C)(C)C. The topological polar surface area (TPSA) is 168 Å². The molecule has 0 fully saturated rings. The highest BCUT2D eigenvalue weighted by Crippen LogP contribution is 2.16. The number of unbranched alkanes of at least 4 members (excludes halogenated alkanes) is 1. The Labute approximate surface area is 300 Å². The molecule has 0 aliphatic carbocycles. The second kappa shape index (κ2) is 19.3. The maximum Gasteiger partial charge on any atom is 0.329 e. The zero-order chi connectivity index (χ0) is 38.4. The van der Waals surface area contributed by atoms with Crippen molar-refractivity contribution in [3.05, 3.63) is 41.7 Å². The first-order valence-corrected chi connectivity index (χ1v) is 17.5. The fraction of sp³-hybridized carbons (Fsp3) is 0.649. The van der Waals surface area contributed by atoms with Crippen LogP contribution in [0.25, 0.3) is 5.69 Å². The normalized spacial score (nSPS) is 13.1. The van der Waals surface area contributed by atoms with Gasteiger partial charge in [-0.25, -0.2) is 14.3 Å². The summed E-state index contributed by atoms with van der Waals surface area (Å²) in [6, 6.07) is 5.24. The smallest absolute Gasteiger partial charge is 0.329 e. The number of rotatable bonds is 18. The minimum absolute atomic E-state index is 0.0925. The Morgan fingerprint density at radius 3 is 1.86 bits per heavy atom. The molecule has 2 unspecified atom stereocenters. The van der Waals surface area contributed by atoms with Crippen molar-refractivity contribution in [2.24, 2.45) is 0 Å². The van der Waals surface area contributed by atoms with Crippen LogP contribution in [-0.2, 0) is 51.0 Å². The summed E-state index contributed by atoms with van der Waals surface area (Å²) >= 11 is 0. The Morgan fingerprint density at radius 1 is 0.725 bits per heavy atom. The number of nitrogens with zero attached hydrogens (tertiary/aromatic N) is 3. The molecule has 0 saturated carbocycles. The molecule has 0 spiro atoms. The Kier molecular flexibility index (Phi) is 16.2. The molecule has 0 bridgehead atoms. The van der Waals surface area contributed by atoms with E-state index in [1.165, 1.54) is 0 Å². The van der Waals surface area contributed by atoms with Crippen LogP contribution in [0.1, 0.15) is 119 Å². The minimum atomic E-state index is -1.32. The van der Waals surface area contributed by atoms with Crippen LogP contribution in [0, 0.1) is 0 Å². The van der Waals surface area contributed by atoms with Gasteiger partial charge < -0.3 is 24.8 Å². The molecule has 14 heteroatoms. The number of hydrogen-bond donors (Lipinski definition) is 2. The van der Waals surface area contributed by atoms with Gasteiger partial charge in [0.25, 0.3) is 0 Å². The zero-order valence-electron chi connectivity index (χ0n) is 31.6. The molecule has 1 aromatic heterocycles. The van der Waals surface area contributed by atoms with Gasteiger partial charge in [-0.15, -0.1) is 5.10 Å². The molecule has 2 atom stereocenters. The van der Waals surface area contributed by atoms with Gasteiger partial charge in [0.15, 0.2) is 0 Å². The molecule has 284 valence electrons. The summed E-state index contributed by atoms with van der Waals surface area (Å²) in [7, 11) is 0. The van der Waals surface area contributed by atoms with E-state index < -0.39 is 71.7 Å². The molecule has 2 N–H and O–H groups in total. The van der Waals surface area contributed by atoms with Gasteiger partial charge in [0, 0.05) is 12.8 Å². The molecule has 0 radical (unpaired) electrons. The number of aromatic nitrogens is 3. The predicted molar refractivity (Wildman–Crippen MR) is 188 cm³/mol. The lowest BCUT2D eigenvalue weighted by atomic mass is 10.1.